The monoisotopic (exact) mass is 373 g/mol. The van der Waals surface area contributed by atoms with E-state index >= 15 is 0 Å². The van der Waals surface area contributed by atoms with E-state index in [1.165, 1.54) is 6.20 Å². The predicted molar refractivity (Wildman–Crippen MR) is 78.3 cm³/mol. The highest BCUT2D eigenvalue weighted by molar-refractivity contribution is 9.10. The Balaban J connectivity index is 2.82. The Morgan fingerprint density at radius 1 is 1.55 bits per heavy atom. The minimum atomic E-state index is -4.47. The van der Waals surface area contributed by atoms with E-state index in [0.717, 1.165) is 5.75 Å². The number of thioether (sulfide) groups is 1. The topological polar surface area (TPSA) is 46.9 Å². The molecule has 0 radical (unpaired) electrons. The minimum absolute atomic E-state index is 0.0631. The summed E-state index contributed by atoms with van der Waals surface area (Å²) in [5.74, 6) is 1.32. The van der Waals surface area contributed by atoms with Crippen LogP contribution in [0.4, 0.5) is 18.9 Å². The fraction of sp³-hybridized carbons (Fsp3) is 0.636. The van der Waals surface area contributed by atoms with Gasteiger partial charge in [-0.25, -0.2) is 4.68 Å². The molecule has 0 fully saturated rings. The summed E-state index contributed by atoms with van der Waals surface area (Å²) in [7, 11) is 0. The molecule has 1 unspecified atom stereocenters. The first-order valence-electron chi connectivity index (χ1n) is 5.79. The number of rotatable bonds is 6. The Bertz CT molecular complexity index is 507. The van der Waals surface area contributed by atoms with Gasteiger partial charge in [-0.2, -0.15) is 30.0 Å². The van der Waals surface area contributed by atoms with Crippen LogP contribution in [0.5, 0.6) is 0 Å². The highest BCUT2D eigenvalue weighted by Crippen LogP contribution is 2.20. The Labute approximate surface area is 127 Å². The molecule has 1 aromatic rings. The fourth-order valence-electron chi connectivity index (χ4n) is 1.50. The third kappa shape index (κ3) is 5.35. The lowest BCUT2D eigenvalue weighted by Gasteiger charge is -2.14. The summed E-state index contributed by atoms with van der Waals surface area (Å²) in [5.41, 5.74) is -0.397. The maximum absolute atomic E-state index is 12.3. The summed E-state index contributed by atoms with van der Waals surface area (Å²) in [6.07, 6.45) is -1.26. The summed E-state index contributed by atoms with van der Waals surface area (Å²) in [6.45, 7) is 1.26. The number of aromatic nitrogens is 2. The van der Waals surface area contributed by atoms with E-state index < -0.39 is 18.3 Å². The van der Waals surface area contributed by atoms with Crippen LogP contribution in [-0.4, -0.2) is 34.5 Å². The van der Waals surface area contributed by atoms with Gasteiger partial charge in [0.05, 0.1) is 11.9 Å². The van der Waals surface area contributed by atoms with Crippen molar-refractivity contribution in [2.24, 2.45) is 5.92 Å². The summed E-state index contributed by atoms with van der Waals surface area (Å²) in [5, 5.41) is 6.55. The molecule has 1 rings (SSSR count). The third-order valence-corrected chi connectivity index (χ3v) is 4.07. The van der Waals surface area contributed by atoms with Crippen LogP contribution in [-0.2, 0) is 6.54 Å². The Morgan fingerprint density at radius 3 is 2.75 bits per heavy atom. The standard InChI is InChI=1S/C11H15BrF3N3OS/c1-7(5-20-2)3-16-8-4-17-18(6-11(13,14)15)10(19)9(8)12/h4,7,16H,3,5-6H2,1-2H3. The average molecular weight is 374 g/mol. The van der Waals surface area contributed by atoms with Crippen molar-refractivity contribution in [1.82, 2.24) is 9.78 Å². The molecule has 1 N–H and O–H groups in total. The molecule has 1 atom stereocenters. The molecule has 0 spiro atoms. The first-order chi connectivity index (χ1) is 9.24. The van der Waals surface area contributed by atoms with Crippen molar-refractivity contribution < 1.29 is 13.2 Å². The van der Waals surface area contributed by atoms with Crippen LogP contribution in [0.2, 0.25) is 0 Å². The predicted octanol–water partition coefficient (Wildman–Crippen LogP) is 2.98. The Kier molecular flexibility index (Phi) is 6.38. The molecule has 0 saturated heterocycles. The Morgan fingerprint density at radius 2 is 2.20 bits per heavy atom. The number of hydrogen-bond donors (Lipinski definition) is 1. The van der Waals surface area contributed by atoms with Crippen LogP contribution in [0.25, 0.3) is 0 Å². The van der Waals surface area contributed by atoms with E-state index in [9.17, 15) is 18.0 Å². The number of alkyl halides is 3. The van der Waals surface area contributed by atoms with Gasteiger partial charge in [0.2, 0.25) is 0 Å². The maximum atomic E-state index is 12.3. The second-order valence-corrected chi connectivity index (χ2v) is 6.10. The quantitative estimate of drug-likeness (QED) is 0.832. The van der Waals surface area contributed by atoms with Gasteiger partial charge in [-0.15, -0.1) is 0 Å². The van der Waals surface area contributed by atoms with Gasteiger partial charge in [0.1, 0.15) is 11.0 Å². The molecule has 0 aromatic carbocycles. The van der Waals surface area contributed by atoms with Crippen molar-refractivity contribution in [3.05, 3.63) is 21.0 Å². The van der Waals surface area contributed by atoms with Crippen molar-refractivity contribution in [2.45, 2.75) is 19.6 Å². The normalized spacial score (nSPS) is 13.3. The zero-order valence-electron chi connectivity index (χ0n) is 11.0. The van der Waals surface area contributed by atoms with Gasteiger partial charge in [-0.3, -0.25) is 4.79 Å². The lowest BCUT2D eigenvalue weighted by Crippen LogP contribution is -2.31. The lowest BCUT2D eigenvalue weighted by molar-refractivity contribution is -0.143. The van der Waals surface area contributed by atoms with Gasteiger partial charge in [-0.1, -0.05) is 6.92 Å². The first kappa shape index (κ1) is 17.4. The number of hydrogen-bond acceptors (Lipinski definition) is 4. The zero-order chi connectivity index (χ0) is 15.3. The van der Waals surface area contributed by atoms with E-state index in [0.29, 0.717) is 22.8 Å². The number of anilines is 1. The molecule has 0 saturated carbocycles. The maximum Gasteiger partial charge on any atom is 0.408 e. The number of halogens is 4. The fourth-order valence-corrected chi connectivity index (χ4v) is 2.63. The molecule has 20 heavy (non-hydrogen) atoms. The Hall–Kier alpha value is -0.700. The summed E-state index contributed by atoms with van der Waals surface area (Å²) in [6, 6.07) is 0. The SMILES string of the molecule is CSCC(C)CNc1cnn(CC(F)(F)F)c(=O)c1Br. The van der Waals surface area contributed by atoms with E-state index in [4.69, 9.17) is 0 Å². The van der Waals surface area contributed by atoms with E-state index in [-0.39, 0.29) is 4.47 Å². The highest BCUT2D eigenvalue weighted by Gasteiger charge is 2.29. The molecule has 1 aromatic heterocycles. The summed E-state index contributed by atoms with van der Waals surface area (Å²) >= 11 is 4.72. The van der Waals surface area contributed by atoms with Crippen LogP contribution in [0.15, 0.2) is 15.5 Å². The molecule has 0 aliphatic carbocycles. The van der Waals surface area contributed by atoms with Crippen molar-refractivity contribution in [1.29, 1.82) is 0 Å². The molecule has 0 amide bonds. The van der Waals surface area contributed by atoms with E-state index in [1.807, 2.05) is 13.2 Å². The molecule has 114 valence electrons. The van der Waals surface area contributed by atoms with Crippen LogP contribution in [0.1, 0.15) is 6.92 Å². The zero-order valence-corrected chi connectivity index (χ0v) is 13.4. The molecular formula is C11H15BrF3N3OS. The molecule has 0 aliphatic rings. The largest absolute Gasteiger partial charge is 0.408 e. The van der Waals surface area contributed by atoms with Crippen molar-refractivity contribution in [3.8, 4) is 0 Å². The molecule has 0 bridgehead atoms. The lowest BCUT2D eigenvalue weighted by atomic mass is 10.2. The van der Waals surface area contributed by atoms with Crippen LogP contribution in [0, 0.1) is 5.92 Å². The van der Waals surface area contributed by atoms with Crippen LogP contribution in [0.3, 0.4) is 0 Å². The van der Waals surface area contributed by atoms with Crippen LogP contribution >= 0.6 is 27.7 Å². The number of nitrogens with zero attached hydrogens (tertiary/aromatic N) is 2. The molecule has 1 heterocycles. The number of nitrogens with one attached hydrogen (secondary N) is 1. The minimum Gasteiger partial charge on any atom is -0.382 e. The average Bonchev–Trinajstić information content (AvgIpc) is 2.33. The summed E-state index contributed by atoms with van der Waals surface area (Å²) in [4.78, 5) is 11.7. The van der Waals surface area contributed by atoms with Gasteiger partial charge in [0, 0.05) is 6.54 Å². The van der Waals surface area contributed by atoms with Crippen molar-refractivity contribution in [3.63, 3.8) is 0 Å². The molecule has 9 heteroatoms. The van der Waals surface area contributed by atoms with Gasteiger partial charge >= 0.3 is 6.18 Å². The van der Waals surface area contributed by atoms with Gasteiger partial charge in [0.25, 0.3) is 5.56 Å². The van der Waals surface area contributed by atoms with Crippen molar-refractivity contribution in [2.75, 3.05) is 23.9 Å². The van der Waals surface area contributed by atoms with Crippen molar-refractivity contribution >= 4 is 33.4 Å². The summed E-state index contributed by atoms with van der Waals surface area (Å²) < 4.78 is 37.2. The van der Waals surface area contributed by atoms with Gasteiger partial charge < -0.3 is 5.32 Å². The highest BCUT2D eigenvalue weighted by atomic mass is 79.9. The first-order valence-corrected chi connectivity index (χ1v) is 7.98. The van der Waals surface area contributed by atoms with E-state index in [2.05, 4.69) is 26.3 Å². The molecule has 0 aliphatic heterocycles. The third-order valence-electron chi connectivity index (χ3n) is 2.41. The van der Waals surface area contributed by atoms with Gasteiger partial charge in [-0.05, 0) is 33.9 Å². The van der Waals surface area contributed by atoms with E-state index in [1.54, 1.807) is 11.8 Å². The molecular weight excluding hydrogens is 359 g/mol. The molecule has 4 nitrogen and oxygen atoms in total. The second kappa shape index (κ2) is 7.35. The van der Waals surface area contributed by atoms with Crippen LogP contribution < -0.4 is 10.9 Å². The second-order valence-electron chi connectivity index (χ2n) is 4.39. The van der Waals surface area contributed by atoms with Gasteiger partial charge in [0.15, 0.2) is 0 Å². The smallest absolute Gasteiger partial charge is 0.382 e.